The van der Waals surface area contributed by atoms with E-state index in [1.165, 1.54) is 13.2 Å². The molecule has 1 rings (SSSR count). The number of rotatable bonds is 4. The van der Waals surface area contributed by atoms with E-state index in [0.29, 0.717) is 5.06 Å². The van der Waals surface area contributed by atoms with Crippen molar-refractivity contribution >= 4 is 5.91 Å². The van der Waals surface area contributed by atoms with Gasteiger partial charge in [0, 0.05) is 26.5 Å². The van der Waals surface area contributed by atoms with E-state index in [4.69, 9.17) is 0 Å². The number of aliphatic hydroxyl groups is 1. The molecular formula is C10H14F3N3O3. The maximum Gasteiger partial charge on any atom is 0.425 e. The van der Waals surface area contributed by atoms with Gasteiger partial charge in [-0.3, -0.25) is 9.63 Å². The third kappa shape index (κ3) is 2.87. The lowest BCUT2D eigenvalue weighted by atomic mass is 9.97. The zero-order valence-corrected chi connectivity index (χ0v) is 10.6. The van der Waals surface area contributed by atoms with Crippen molar-refractivity contribution < 1.29 is 27.9 Å². The molecule has 1 aromatic heterocycles. The lowest BCUT2D eigenvalue weighted by Gasteiger charge is -2.30. The van der Waals surface area contributed by atoms with Gasteiger partial charge in [-0.05, 0) is 0 Å². The molecule has 1 N–H and O–H groups in total. The molecule has 19 heavy (non-hydrogen) atoms. The van der Waals surface area contributed by atoms with Crippen LogP contribution in [-0.4, -0.2) is 46.0 Å². The molecule has 0 radical (unpaired) electrons. The summed E-state index contributed by atoms with van der Waals surface area (Å²) in [5.41, 5.74) is -3.37. The van der Waals surface area contributed by atoms with Gasteiger partial charge in [0.1, 0.15) is 0 Å². The van der Waals surface area contributed by atoms with Crippen LogP contribution in [0.5, 0.6) is 0 Å². The lowest BCUT2D eigenvalue weighted by molar-refractivity contribution is -0.274. The molecule has 1 unspecified atom stereocenters. The Hall–Kier alpha value is -1.61. The number of amides is 1. The first-order valence-electron chi connectivity index (χ1n) is 5.21. The van der Waals surface area contributed by atoms with Gasteiger partial charge in [-0.25, -0.2) is 10.0 Å². The van der Waals surface area contributed by atoms with E-state index in [1.54, 1.807) is 0 Å². The maximum absolute atomic E-state index is 13.1. The number of aromatic nitrogens is 2. The molecule has 1 amide bonds. The Bertz CT molecular complexity index is 460. The molecule has 0 aliphatic rings. The average molecular weight is 281 g/mol. The second kappa shape index (κ2) is 5.17. The van der Waals surface area contributed by atoms with Crippen molar-refractivity contribution in [1.29, 1.82) is 0 Å². The first-order chi connectivity index (χ1) is 8.63. The van der Waals surface area contributed by atoms with Crippen molar-refractivity contribution in [2.75, 3.05) is 14.2 Å². The molecule has 1 heterocycles. The number of hydrogen-bond donors (Lipinski definition) is 1. The lowest BCUT2D eigenvalue weighted by Crippen LogP contribution is -2.48. The van der Waals surface area contributed by atoms with Crippen molar-refractivity contribution in [1.82, 2.24) is 14.6 Å². The van der Waals surface area contributed by atoms with Crippen molar-refractivity contribution in [3.63, 3.8) is 0 Å². The Balaban J connectivity index is 3.17. The van der Waals surface area contributed by atoms with Crippen LogP contribution in [-0.2, 0) is 22.3 Å². The van der Waals surface area contributed by atoms with Gasteiger partial charge in [-0.15, -0.1) is 0 Å². The number of aryl methyl sites for hydroxylation is 1. The third-order valence-corrected chi connectivity index (χ3v) is 2.69. The molecule has 0 bridgehead atoms. The number of nitrogens with zero attached hydrogens (tertiary/aromatic N) is 3. The highest BCUT2D eigenvalue weighted by Gasteiger charge is 2.59. The molecule has 6 nitrogen and oxygen atoms in total. The normalized spacial score (nSPS) is 15.1. The minimum atomic E-state index is -5.05. The van der Waals surface area contributed by atoms with Gasteiger partial charge in [0.15, 0.2) is 5.82 Å². The maximum atomic E-state index is 13.1. The standard InChI is InChI=1S/C10H14F3N3O3/c1-15-5-4-14-8(15)9(18,10(11,12)13)6-7(17)16(2)19-3/h4-5,18H,6H2,1-3H3. The molecule has 0 aromatic carbocycles. The first-order valence-corrected chi connectivity index (χ1v) is 5.21. The van der Waals surface area contributed by atoms with Gasteiger partial charge < -0.3 is 9.67 Å². The Morgan fingerprint density at radius 1 is 1.58 bits per heavy atom. The Kier molecular flexibility index (Phi) is 4.21. The molecule has 1 aromatic rings. The summed E-state index contributed by atoms with van der Waals surface area (Å²) in [6.07, 6.45) is -3.91. The van der Waals surface area contributed by atoms with Crippen molar-refractivity contribution in [2.45, 2.75) is 18.2 Å². The van der Waals surface area contributed by atoms with Gasteiger partial charge in [0.2, 0.25) is 11.5 Å². The van der Waals surface area contributed by atoms with Gasteiger partial charge in [-0.1, -0.05) is 0 Å². The first kappa shape index (κ1) is 15.4. The van der Waals surface area contributed by atoms with Crippen LogP contribution in [0.2, 0.25) is 0 Å². The number of alkyl halides is 3. The van der Waals surface area contributed by atoms with Crippen LogP contribution < -0.4 is 0 Å². The molecule has 0 aliphatic heterocycles. The van der Waals surface area contributed by atoms with Crippen LogP contribution in [0.25, 0.3) is 0 Å². The molecule has 0 spiro atoms. The number of halogens is 3. The molecule has 108 valence electrons. The van der Waals surface area contributed by atoms with Crippen LogP contribution in [0.3, 0.4) is 0 Å². The van der Waals surface area contributed by atoms with E-state index in [0.717, 1.165) is 24.9 Å². The zero-order chi connectivity index (χ0) is 14.8. The van der Waals surface area contributed by atoms with Crippen molar-refractivity contribution in [3.05, 3.63) is 18.2 Å². The number of hydrogen-bond acceptors (Lipinski definition) is 4. The number of hydroxylamine groups is 2. The summed E-state index contributed by atoms with van der Waals surface area (Å²) in [5.74, 6) is -1.68. The summed E-state index contributed by atoms with van der Waals surface area (Å²) in [7, 11) is 3.58. The number of carbonyl (C=O) groups is 1. The molecule has 1 atom stereocenters. The topological polar surface area (TPSA) is 67.6 Å². The molecule has 0 fully saturated rings. The molecule has 0 saturated carbocycles. The van der Waals surface area contributed by atoms with Crippen LogP contribution in [0.4, 0.5) is 13.2 Å². The molecule has 0 aliphatic carbocycles. The predicted molar refractivity (Wildman–Crippen MR) is 57.6 cm³/mol. The molecule has 9 heteroatoms. The summed E-state index contributed by atoms with van der Waals surface area (Å²) in [4.78, 5) is 19.5. The monoisotopic (exact) mass is 281 g/mol. The fourth-order valence-corrected chi connectivity index (χ4v) is 1.50. The fourth-order valence-electron chi connectivity index (χ4n) is 1.50. The van der Waals surface area contributed by atoms with Crippen LogP contribution >= 0.6 is 0 Å². The SMILES string of the molecule is CON(C)C(=O)CC(O)(c1nccn1C)C(F)(F)F. The number of imidazole rings is 1. The van der Waals surface area contributed by atoms with Crippen LogP contribution in [0.15, 0.2) is 12.4 Å². The van der Waals surface area contributed by atoms with Gasteiger partial charge in [-0.2, -0.15) is 13.2 Å². The quantitative estimate of drug-likeness (QED) is 0.820. The van der Waals surface area contributed by atoms with E-state index < -0.39 is 29.9 Å². The second-order valence-corrected chi connectivity index (χ2v) is 3.97. The van der Waals surface area contributed by atoms with E-state index in [9.17, 15) is 23.1 Å². The van der Waals surface area contributed by atoms with E-state index in [2.05, 4.69) is 9.82 Å². The fraction of sp³-hybridized carbons (Fsp3) is 0.600. The summed E-state index contributed by atoms with van der Waals surface area (Å²) >= 11 is 0. The largest absolute Gasteiger partial charge is 0.425 e. The highest BCUT2D eigenvalue weighted by molar-refractivity contribution is 5.76. The highest BCUT2D eigenvalue weighted by Crippen LogP contribution is 2.40. The number of carbonyl (C=O) groups excluding carboxylic acids is 1. The highest BCUT2D eigenvalue weighted by atomic mass is 19.4. The van der Waals surface area contributed by atoms with Crippen molar-refractivity contribution in [3.8, 4) is 0 Å². The van der Waals surface area contributed by atoms with E-state index in [1.807, 2.05) is 0 Å². The second-order valence-electron chi connectivity index (χ2n) is 3.97. The predicted octanol–water partition coefficient (Wildman–Crippen LogP) is 0.580. The third-order valence-electron chi connectivity index (χ3n) is 2.69. The molecular weight excluding hydrogens is 267 g/mol. The Morgan fingerprint density at radius 2 is 2.16 bits per heavy atom. The Labute approximate surface area is 107 Å². The summed E-state index contributed by atoms with van der Waals surface area (Å²) < 4.78 is 40.2. The van der Waals surface area contributed by atoms with Crippen LogP contribution in [0.1, 0.15) is 12.2 Å². The van der Waals surface area contributed by atoms with E-state index in [-0.39, 0.29) is 0 Å². The summed E-state index contributed by atoms with van der Waals surface area (Å²) in [5, 5.41) is 10.5. The van der Waals surface area contributed by atoms with Gasteiger partial charge >= 0.3 is 6.18 Å². The minimum absolute atomic E-state index is 0.611. The smallest absolute Gasteiger partial charge is 0.374 e. The summed E-state index contributed by atoms with van der Waals surface area (Å²) in [6, 6.07) is 0. The zero-order valence-electron chi connectivity index (χ0n) is 10.6. The Morgan fingerprint density at radius 3 is 2.53 bits per heavy atom. The van der Waals surface area contributed by atoms with Gasteiger partial charge in [0.25, 0.3) is 0 Å². The minimum Gasteiger partial charge on any atom is -0.374 e. The molecule has 0 saturated heterocycles. The van der Waals surface area contributed by atoms with Crippen molar-refractivity contribution in [2.24, 2.45) is 7.05 Å². The van der Waals surface area contributed by atoms with Gasteiger partial charge in [0.05, 0.1) is 13.5 Å². The van der Waals surface area contributed by atoms with Crippen LogP contribution in [0, 0.1) is 0 Å². The van der Waals surface area contributed by atoms with E-state index >= 15 is 0 Å². The summed E-state index contributed by atoms with van der Waals surface area (Å²) in [6.45, 7) is 0. The average Bonchev–Trinajstić information content (AvgIpc) is 2.73.